The van der Waals surface area contributed by atoms with Crippen LogP contribution in [0.4, 0.5) is 5.82 Å². The number of rotatable bonds is 5. The van der Waals surface area contributed by atoms with Gasteiger partial charge in [-0.15, -0.1) is 0 Å². The first-order valence-corrected chi connectivity index (χ1v) is 9.37. The maximum atomic E-state index is 6.00. The average Bonchev–Trinajstić information content (AvgIpc) is 2.75. The summed E-state index contributed by atoms with van der Waals surface area (Å²) in [5.74, 6) is 1.01. The lowest BCUT2D eigenvalue weighted by Gasteiger charge is -2.33. The summed E-state index contributed by atoms with van der Waals surface area (Å²) in [5.41, 5.74) is 4.13. The molecular formula is C21H24N6O. The Kier molecular flexibility index (Phi) is 5.55. The fraction of sp³-hybridized carbons (Fsp3) is 0.333. The second kappa shape index (κ2) is 8.41. The van der Waals surface area contributed by atoms with E-state index < -0.39 is 0 Å². The number of nitrogens with zero attached hydrogens (tertiary/aromatic N) is 6. The molecule has 0 unspecified atom stereocenters. The van der Waals surface area contributed by atoms with E-state index in [4.69, 9.17) is 4.74 Å². The van der Waals surface area contributed by atoms with Crippen molar-refractivity contribution in [3.8, 4) is 11.1 Å². The first-order valence-electron chi connectivity index (χ1n) is 9.37. The van der Waals surface area contributed by atoms with Gasteiger partial charge in [0.15, 0.2) is 0 Å². The van der Waals surface area contributed by atoms with E-state index in [0.717, 1.165) is 42.3 Å². The van der Waals surface area contributed by atoms with Crippen molar-refractivity contribution in [3.63, 3.8) is 0 Å². The van der Waals surface area contributed by atoms with Gasteiger partial charge in [0.25, 0.3) is 0 Å². The van der Waals surface area contributed by atoms with Gasteiger partial charge in [-0.1, -0.05) is 12.1 Å². The van der Waals surface area contributed by atoms with Gasteiger partial charge in [-0.05, 0) is 12.1 Å². The van der Waals surface area contributed by atoms with Gasteiger partial charge >= 0.3 is 0 Å². The monoisotopic (exact) mass is 376 g/mol. The van der Waals surface area contributed by atoms with Gasteiger partial charge in [-0.3, -0.25) is 9.88 Å². The molecule has 0 N–H and O–H groups in total. The van der Waals surface area contributed by atoms with E-state index in [2.05, 4.69) is 41.9 Å². The lowest BCUT2D eigenvalue weighted by atomic mass is 10.1. The highest BCUT2D eigenvalue weighted by molar-refractivity contribution is 5.60. The van der Waals surface area contributed by atoms with Gasteiger partial charge in [0.2, 0.25) is 0 Å². The van der Waals surface area contributed by atoms with Gasteiger partial charge in [-0.25, -0.2) is 15.0 Å². The summed E-state index contributed by atoms with van der Waals surface area (Å²) in [6.07, 6.45) is 8.78. The molecule has 0 amide bonds. The molecule has 3 aromatic heterocycles. The first kappa shape index (κ1) is 18.5. The van der Waals surface area contributed by atoms with Crippen LogP contribution >= 0.6 is 0 Å². The van der Waals surface area contributed by atoms with Crippen molar-refractivity contribution in [1.29, 1.82) is 0 Å². The molecule has 3 aromatic rings. The third-order valence-corrected chi connectivity index (χ3v) is 4.85. The molecule has 0 aromatic carbocycles. The topological polar surface area (TPSA) is 67.3 Å². The van der Waals surface area contributed by atoms with Crippen molar-refractivity contribution in [3.05, 3.63) is 66.6 Å². The highest BCUT2D eigenvalue weighted by Crippen LogP contribution is 2.25. The number of anilines is 1. The molecule has 4 rings (SSSR count). The summed E-state index contributed by atoms with van der Waals surface area (Å²) in [5, 5.41) is 0. The Morgan fingerprint density at radius 3 is 2.68 bits per heavy atom. The van der Waals surface area contributed by atoms with Crippen molar-refractivity contribution in [2.24, 2.45) is 0 Å². The van der Waals surface area contributed by atoms with Crippen LogP contribution in [0.3, 0.4) is 0 Å². The SMILES string of the molecule is CN(C)c1ncccc1CN1CCO[C@@H](c2ccc(-c3cncnc3)cn2)C1. The molecule has 4 heterocycles. The van der Waals surface area contributed by atoms with Gasteiger partial charge in [-0.2, -0.15) is 0 Å². The molecule has 7 heteroatoms. The van der Waals surface area contributed by atoms with Crippen LogP contribution in [0.5, 0.6) is 0 Å². The van der Waals surface area contributed by atoms with E-state index in [0.29, 0.717) is 6.61 Å². The number of morpholine rings is 1. The summed E-state index contributed by atoms with van der Waals surface area (Å²) < 4.78 is 6.00. The Hall–Kier alpha value is -2.90. The maximum absolute atomic E-state index is 6.00. The Labute approximate surface area is 165 Å². The molecular weight excluding hydrogens is 352 g/mol. The van der Waals surface area contributed by atoms with Crippen molar-refractivity contribution in [1.82, 2.24) is 24.8 Å². The van der Waals surface area contributed by atoms with Gasteiger partial charge in [0.1, 0.15) is 18.2 Å². The van der Waals surface area contributed by atoms with E-state index in [1.165, 1.54) is 11.9 Å². The normalized spacial score (nSPS) is 17.4. The molecule has 1 fully saturated rings. The van der Waals surface area contributed by atoms with Crippen LogP contribution in [0.15, 0.2) is 55.4 Å². The third-order valence-electron chi connectivity index (χ3n) is 4.85. The molecule has 0 saturated carbocycles. The second-order valence-electron chi connectivity index (χ2n) is 7.07. The molecule has 1 saturated heterocycles. The molecule has 1 atom stereocenters. The number of pyridine rings is 2. The van der Waals surface area contributed by atoms with Crippen molar-refractivity contribution < 1.29 is 4.74 Å². The zero-order valence-corrected chi connectivity index (χ0v) is 16.2. The summed E-state index contributed by atoms with van der Waals surface area (Å²) in [6, 6.07) is 8.22. The summed E-state index contributed by atoms with van der Waals surface area (Å²) in [6.45, 7) is 3.25. The minimum Gasteiger partial charge on any atom is -0.369 e. The van der Waals surface area contributed by atoms with Crippen LogP contribution in [0, 0.1) is 0 Å². The molecule has 1 aliphatic heterocycles. The first-order chi connectivity index (χ1) is 13.7. The summed E-state index contributed by atoms with van der Waals surface area (Å²) in [4.78, 5) is 21.7. The molecule has 7 nitrogen and oxygen atoms in total. The zero-order chi connectivity index (χ0) is 19.3. The Morgan fingerprint density at radius 2 is 1.93 bits per heavy atom. The summed E-state index contributed by atoms with van der Waals surface area (Å²) >= 11 is 0. The van der Waals surface area contributed by atoms with Crippen LogP contribution in [0.25, 0.3) is 11.1 Å². The molecule has 0 bridgehead atoms. The standard InChI is InChI=1S/C21H24N6O/c1-26(2)21-17(4-3-7-24-21)13-27-8-9-28-20(14-27)19-6-5-16(12-25-19)18-10-22-15-23-11-18/h3-7,10-12,15,20H,8-9,13-14H2,1-2H3/t20-/m1/s1. The van der Waals surface area contributed by atoms with Crippen molar-refractivity contribution >= 4 is 5.82 Å². The van der Waals surface area contributed by atoms with Crippen LogP contribution < -0.4 is 4.90 Å². The average molecular weight is 376 g/mol. The second-order valence-corrected chi connectivity index (χ2v) is 7.07. The number of hydrogen-bond acceptors (Lipinski definition) is 7. The van der Waals surface area contributed by atoms with E-state index in [1.54, 1.807) is 12.4 Å². The molecule has 1 aliphatic rings. The van der Waals surface area contributed by atoms with Crippen molar-refractivity contribution in [2.75, 3.05) is 38.7 Å². The predicted molar refractivity (Wildman–Crippen MR) is 108 cm³/mol. The molecule has 144 valence electrons. The summed E-state index contributed by atoms with van der Waals surface area (Å²) in [7, 11) is 4.05. The molecule has 0 aliphatic carbocycles. The lowest BCUT2D eigenvalue weighted by Crippen LogP contribution is -2.38. The predicted octanol–water partition coefficient (Wildman–Crippen LogP) is 2.57. The Balaban J connectivity index is 1.46. The minimum absolute atomic E-state index is 0.0331. The number of ether oxygens (including phenoxy) is 1. The third kappa shape index (κ3) is 4.16. The fourth-order valence-electron chi connectivity index (χ4n) is 3.44. The van der Waals surface area contributed by atoms with Crippen LogP contribution in [0.2, 0.25) is 0 Å². The zero-order valence-electron chi connectivity index (χ0n) is 16.2. The Morgan fingerprint density at radius 1 is 1.07 bits per heavy atom. The van der Waals surface area contributed by atoms with Gasteiger partial charge < -0.3 is 9.64 Å². The fourth-order valence-corrected chi connectivity index (χ4v) is 3.44. The van der Waals surface area contributed by atoms with Gasteiger partial charge in [0.05, 0.1) is 12.3 Å². The quantitative estimate of drug-likeness (QED) is 0.678. The molecule has 0 radical (unpaired) electrons. The highest BCUT2D eigenvalue weighted by atomic mass is 16.5. The van der Waals surface area contributed by atoms with E-state index in [-0.39, 0.29) is 6.10 Å². The number of hydrogen-bond donors (Lipinski definition) is 0. The van der Waals surface area contributed by atoms with Crippen molar-refractivity contribution in [2.45, 2.75) is 12.6 Å². The van der Waals surface area contributed by atoms with Crippen LogP contribution in [-0.4, -0.2) is 58.6 Å². The molecule has 0 spiro atoms. The number of aromatic nitrogens is 4. The maximum Gasteiger partial charge on any atom is 0.132 e. The minimum atomic E-state index is -0.0331. The van der Waals surface area contributed by atoms with Gasteiger partial charge in [0, 0.05) is 75.2 Å². The van der Waals surface area contributed by atoms with Crippen LogP contribution in [0.1, 0.15) is 17.4 Å². The van der Waals surface area contributed by atoms with Crippen LogP contribution in [-0.2, 0) is 11.3 Å². The Bertz CT molecular complexity index is 900. The van der Waals surface area contributed by atoms with E-state index in [9.17, 15) is 0 Å². The van der Waals surface area contributed by atoms with E-state index in [1.807, 2.05) is 38.6 Å². The smallest absolute Gasteiger partial charge is 0.132 e. The molecule has 28 heavy (non-hydrogen) atoms. The van der Waals surface area contributed by atoms with E-state index >= 15 is 0 Å². The lowest BCUT2D eigenvalue weighted by molar-refractivity contribution is -0.0349. The largest absolute Gasteiger partial charge is 0.369 e. The highest BCUT2D eigenvalue weighted by Gasteiger charge is 2.24.